The average Bonchev–Trinajstić information content (AvgIpc) is 2.93. The summed E-state index contributed by atoms with van der Waals surface area (Å²) in [5, 5.41) is 4.10. The number of hydrogen-bond acceptors (Lipinski definition) is 3. The largest absolute Gasteiger partial charge is 0.339 e. The topological polar surface area (TPSA) is 58.4 Å². The Kier molecular flexibility index (Phi) is 3.20. The van der Waals surface area contributed by atoms with E-state index in [0.29, 0.717) is 35.9 Å². The van der Waals surface area contributed by atoms with Crippen LogP contribution in [-0.4, -0.2) is 57.1 Å². The fourth-order valence-corrected chi connectivity index (χ4v) is 4.52. The molecule has 2 amide bonds. The van der Waals surface area contributed by atoms with Crippen molar-refractivity contribution in [1.29, 1.82) is 0 Å². The normalized spacial score (nSPS) is 31.1. The zero-order chi connectivity index (χ0) is 15.3. The molecule has 0 radical (unpaired) electrons. The van der Waals surface area contributed by atoms with Crippen molar-refractivity contribution in [3.8, 4) is 0 Å². The van der Waals surface area contributed by atoms with E-state index in [1.807, 2.05) is 4.90 Å². The van der Waals surface area contributed by atoms with Crippen molar-refractivity contribution in [1.82, 2.24) is 19.6 Å². The van der Waals surface area contributed by atoms with Gasteiger partial charge in [0.2, 0.25) is 5.91 Å². The number of amides is 2. The van der Waals surface area contributed by atoms with Crippen molar-refractivity contribution in [3.05, 3.63) is 18.0 Å². The molecule has 0 spiro atoms. The molecule has 6 heteroatoms. The maximum absolute atomic E-state index is 12.7. The van der Waals surface area contributed by atoms with Gasteiger partial charge in [-0.25, -0.2) is 0 Å². The van der Waals surface area contributed by atoms with Crippen molar-refractivity contribution in [2.45, 2.75) is 31.7 Å². The van der Waals surface area contributed by atoms with Crippen LogP contribution in [0.15, 0.2) is 12.3 Å². The summed E-state index contributed by atoms with van der Waals surface area (Å²) >= 11 is 0. The van der Waals surface area contributed by atoms with Crippen molar-refractivity contribution >= 4 is 11.8 Å². The number of piperidine rings is 3. The van der Waals surface area contributed by atoms with Crippen molar-refractivity contribution in [2.24, 2.45) is 18.9 Å². The lowest BCUT2D eigenvalue weighted by molar-refractivity contribution is -0.144. The summed E-state index contributed by atoms with van der Waals surface area (Å²) in [7, 11) is 1.81. The third-order valence-electron chi connectivity index (χ3n) is 5.51. The molecule has 1 aromatic heterocycles. The molecule has 0 N–H and O–H groups in total. The van der Waals surface area contributed by atoms with Crippen LogP contribution in [0.5, 0.6) is 0 Å². The minimum Gasteiger partial charge on any atom is -0.339 e. The first-order valence-electron chi connectivity index (χ1n) is 8.20. The summed E-state index contributed by atoms with van der Waals surface area (Å²) in [4.78, 5) is 28.9. The Morgan fingerprint density at radius 2 is 2.18 bits per heavy atom. The van der Waals surface area contributed by atoms with Crippen LogP contribution >= 0.6 is 0 Å². The van der Waals surface area contributed by atoms with Gasteiger partial charge in [-0.2, -0.15) is 5.10 Å². The Balaban J connectivity index is 1.54. The van der Waals surface area contributed by atoms with Crippen molar-refractivity contribution in [2.75, 3.05) is 19.6 Å². The molecule has 3 aliphatic rings. The Bertz CT molecular complexity index is 611. The molecule has 3 saturated heterocycles. The minimum atomic E-state index is 0.0743. The van der Waals surface area contributed by atoms with E-state index in [4.69, 9.17) is 0 Å². The average molecular weight is 302 g/mol. The second-order valence-electron chi connectivity index (χ2n) is 6.92. The van der Waals surface area contributed by atoms with Gasteiger partial charge in [-0.3, -0.25) is 14.3 Å². The molecule has 22 heavy (non-hydrogen) atoms. The summed E-state index contributed by atoms with van der Waals surface area (Å²) < 4.78 is 1.64. The van der Waals surface area contributed by atoms with E-state index < -0.39 is 0 Å². The van der Waals surface area contributed by atoms with Crippen LogP contribution in [0, 0.1) is 11.8 Å². The number of aromatic nitrogens is 2. The van der Waals surface area contributed by atoms with Crippen LogP contribution < -0.4 is 0 Å². The van der Waals surface area contributed by atoms with E-state index in [2.05, 4.69) is 10.00 Å². The third kappa shape index (κ3) is 2.12. The van der Waals surface area contributed by atoms with Gasteiger partial charge in [-0.15, -0.1) is 0 Å². The lowest BCUT2D eigenvalue weighted by atomic mass is 9.76. The molecule has 0 aromatic carbocycles. The summed E-state index contributed by atoms with van der Waals surface area (Å²) in [6.45, 7) is 2.36. The first kappa shape index (κ1) is 13.8. The minimum absolute atomic E-state index is 0.0743. The quantitative estimate of drug-likeness (QED) is 0.774. The van der Waals surface area contributed by atoms with Crippen LogP contribution in [0.3, 0.4) is 0 Å². The summed E-state index contributed by atoms with van der Waals surface area (Å²) in [6, 6.07) is 2.13. The fraction of sp³-hybridized carbons (Fsp3) is 0.688. The lowest BCUT2D eigenvalue weighted by Gasteiger charge is -2.52. The van der Waals surface area contributed by atoms with Gasteiger partial charge in [0.05, 0.1) is 0 Å². The zero-order valence-corrected chi connectivity index (χ0v) is 12.9. The molecule has 3 aliphatic heterocycles. The van der Waals surface area contributed by atoms with Crippen LogP contribution in [0.2, 0.25) is 0 Å². The molecule has 6 nitrogen and oxygen atoms in total. The molecule has 4 heterocycles. The number of aryl methyl sites for hydroxylation is 1. The number of likely N-dealkylation sites (tertiary alicyclic amines) is 1. The molecule has 118 valence electrons. The Morgan fingerprint density at radius 3 is 2.95 bits per heavy atom. The first-order chi connectivity index (χ1) is 10.6. The van der Waals surface area contributed by atoms with Gasteiger partial charge in [0, 0.05) is 45.3 Å². The molecule has 3 fully saturated rings. The van der Waals surface area contributed by atoms with Gasteiger partial charge in [-0.05, 0) is 37.2 Å². The number of fused-ring (bicyclic) bond motifs is 4. The van der Waals surface area contributed by atoms with Gasteiger partial charge in [0.25, 0.3) is 5.91 Å². The summed E-state index contributed by atoms with van der Waals surface area (Å²) in [5.41, 5.74) is 0.650. The molecular weight excluding hydrogens is 280 g/mol. The number of hydrogen-bond donors (Lipinski definition) is 0. The van der Waals surface area contributed by atoms with Gasteiger partial charge in [-0.1, -0.05) is 0 Å². The van der Waals surface area contributed by atoms with Crippen molar-refractivity contribution < 1.29 is 9.59 Å². The SMILES string of the molecule is Cn1nccc1C(=O)N1C[C@H]2C[C@H](C1)[C@H]1CCCC(=O)N1C2. The maximum atomic E-state index is 12.7. The molecule has 0 aliphatic carbocycles. The van der Waals surface area contributed by atoms with E-state index in [-0.39, 0.29) is 5.91 Å². The number of rotatable bonds is 1. The third-order valence-corrected chi connectivity index (χ3v) is 5.51. The van der Waals surface area contributed by atoms with E-state index in [0.717, 1.165) is 38.9 Å². The smallest absolute Gasteiger partial charge is 0.272 e. The molecule has 0 saturated carbocycles. The van der Waals surface area contributed by atoms with Crippen LogP contribution in [0.1, 0.15) is 36.2 Å². The van der Waals surface area contributed by atoms with E-state index >= 15 is 0 Å². The Labute approximate surface area is 130 Å². The van der Waals surface area contributed by atoms with Gasteiger partial charge >= 0.3 is 0 Å². The number of nitrogens with zero attached hydrogens (tertiary/aromatic N) is 4. The van der Waals surface area contributed by atoms with E-state index in [9.17, 15) is 9.59 Å². The summed E-state index contributed by atoms with van der Waals surface area (Å²) in [5.74, 6) is 1.26. The Morgan fingerprint density at radius 1 is 1.32 bits per heavy atom. The fourth-order valence-electron chi connectivity index (χ4n) is 4.52. The second-order valence-corrected chi connectivity index (χ2v) is 6.92. The molecule has 2 bridgehead atoms. The van der Waals surface area contributed by atoms with E-state index in [1.54, 1.807) is 24.0 Å². The van der Waals surface area contributed by atoms with Crippen LogP contribution in [0.4, 0.5) is 0 Å². The lowest BCUT2D eigenvalue weighted by Crippen LogP contribution is -2.61. The highest BCUT2D eigenvalue weighted by molar-refractivity contribution is 5.92. The zero-order valence-electron chi connectivity index (χ0n) is 12.9. The van der Waals surface area contributed by atoms with Crippen LogP contribution in [-0.2, 0) is 11.8 Å². The first-order valence-corrected chi connectivity index (χ1v) is 8.20. The maximum Gasteiger partial charge on any atom is 0.272 e. The highest BCUT2D eigenvalue weighted by Crippen LogP contribution is 2.38. The molecule has 1 aromatic rings. The monoisotopic (exact) mass is 302 g/mol. The van der Waals surface area contributed by atoms with Crippen molar-refractivity contribution in [3.63, 3.8) is 0 Å². The molecular formula is C16H22N4O2. The highest BCUT2D eigenvalue weighted by atomic mass is 16.2. The van der Waals surface area contributed by atoms with Gasteiger partial charge in [0.15, 0.2) is 0 Å². The Hall–Kier alpha value is -1.85. The van der Waals surface area contributed by atoms with Gasteiger partial charge < -0.3 is 9.80 Å². The predicted octanol–water partition coefficient (Wildman–Crippen LogP) is 0.893. The predicted molar refractivity (Wildman–Crippen MR) is 80.1 cm³/mol. The standard InChI is InChI=1S/C16H22N4O2/c1-18-14(5-6-17-18)16(22)19-8-11-7-12(10-19)13-3-2-4-15(21)20(13)9-11/h5-6,11-13H,2-4,7-10H2,1H3/t11-,12-,13-/m1/s1. The number of carbonyl (C=O) groups excluding carboxylic acids is 2. The number of carbonyl (C=O) groups is 2. The highest BCUT2D eigenvalue weighted by Gasteiger charge is 2.45. The van der Waals surface area contributed by atoms with Gasteiger partial charge in [0.1, 0.15) is 5.69 Å². The van der Waals surface area contributed by atoms with Crippen LogP contribution in [0.25, 0.3) is 0 Å². The molecule has 4 rings (SSSR count). The molecule has 3 atom stereocenters. The summed E-state index contributed by atoms with van der Waals surface area (Å²) in [6.07, 6.45) is 5.62. The molecule has 0 unspecified atom stereocenters. The van der Waals surface area contributed by atoms with E-state index in [1.165, 1.54) is 0 Å². The second kappa shape index (κ2) is 5.11.